The van der Waals surface area contributed by atoms with Crippen molar-refractivity contribution in [1.29, 1.82) is 0 Å². The van der Waals surface area contributed by atoms with Crippen molar-refractivity contribution in [2.45, 2.75) is 39.3 Å². The highest BCUT2D eigenvalue weighted by atomic mass is 16.5. The van der Waals surface area contributed by atoms with Crippen LogP contribution in [0.5, 0.6) is 0 Å². The molecule has 0 bridgehead atoms. The minimum atomic E-state index is -0.945. The first-order chi connectivity index (χ1) is 9.20. The molecule has 0 spiro atoms. The topological polar surface area (TPSA) is 96.9 Å². The van der Waals surface area contributed by atoms with Gasteiger partial charge in [-0.3, -0.25) is 4.79 Å². The third-order valence-electron chi connectivity index (χ3n) is 2.91. The highest BCUT2D eigenvalue weighted by Crippen LogP contribution is 2.21. The summed E-state index contributed by atoms with van der Waals surface area (Å²) >= 11 is 0. The molecule has 0 saturated carbocycles. The van der Waals surface area contributed by atoms with Crippen molar-refractivity contribution >= 4 is 12.0 Å². The average Bonchev–Trinajstić information content (AvgIpc) is 2.32. The number of ether oxygens (including phenoxy) is 2. The summed E-state index contributed by atoms with van der Waals surface area (Å²) in [6.07, 6.45) is -0.360. The van der Waals surface area contributed by atoms with Crippen LogP contribution in [-0.4, -0.2) is 56.6 Å². The first-order valence-corrected chi connectivity index (χ1v) is 6.48. The van der Waals surface area contributed by atoms with Crippen molar-refractivity contribution in [3.63, 3.8) is 0 Å². The SMILES string of the molecule is COCC(CNC(=O)NC(CC(=O)O)C(C)(C)C)OC. The summed E-state index contributed by atoms with van der Waals surface area (Å²) in [5.74, 6) is -0.945. The van der Waals surface area contributed by atoms with E-state index in [2.05, 4.69) is 10.6 Å². The van der Waals surface area contributed by atoms with Crippen LogP contribution in [0.4, 0.5) is 4.79 Å². The van der Waals surface area contributed by atoms with Crippen LogP contribution in [0.2, 0.25) is 0 Å². The van der Waals surface area contributed by atoms with Gasteiger partial charge in [-0.1, -0.05) is 20.8 Å². The zero-order valence-electron chi connectivity index (χ0n) is 12.9. The molecular weight excluding hydrogens is 264 g/mol. The second kappa shape index (κ2) is 8.76. The quantitative estimate of drug-likeness (QED) is 0.615. The van der Waals surface area contributed by atoms with Crippen LogP contribution in [-0.2, 0) is 14.3 Å². The Bertz CT molecular complexity index is 314. The van der Waals surface area contributed by atoms with Crippen LogP contribution in [0.25, 0.3) is 0 Å². The molecule has 0 rings (SSSR count). The van der Waals surface area contributed by atoms with E-state index in [9.17, 15) is 9.59 Å². The lowest BCUT2D eigenvalue weighted by molar-refractivity contribution is -0.138. The molecular formula is C13H26N2O5. The predicted molar refractivity (Wildman–Crippen MR) is 74.7 cm³/mol. The lowest BCUT2D eigenvalue weighted by Gasteiger charge is -2.30. The first-order valence-electron chi connectivity index (χ1n) is 6.48. The number of carbonyl (C=O) groups is 2. The average molecular weight is 290 g/mol. The number of amides is 2. The Morgan fingerprint density at radius 1 is 1.25 bits per heavy atom. The minimum Gasteiger partial charge on any atom is -0.481 e. The zero-order chi connectivity index (χ0) is 15.8. The van der Waals surface area contributed by atoms with Gasteiger partial charge in [0, 0.05) is 26.8 Å². The molecule has 0 heterocycles. The van der Waals surface area contributed by atoms with Crippen molar-refractivity contribution < 1.29 is 24.2 Å². The minimum absolute atomic E-state index is 0.122. The second-order valence-corrected chi connectivity index (χ2v) is 5.68. The number of urea groups is 1. The predicted octanol–water partition coefficient (Wildman–Crippen LogP) is 0.836. The van der Waals surface area contributed by atoms with Gasteiger partial charge < -0.3 is 25.2 Å². The fourth-order valence-electron chi connectivity index (χ4n) is 1.56. The largest absolute Gasteiger partial charge is 0.481 e. The Hall–Kier alpha value is -1.34. The number of carboxylic acid groups (broad SMARTS) is 1. The number of rotatable bonds is 8. The maximum Gasteiger partial charge on any atom is 0.315 e. The van der Waals surface area contributed by atoms with Crippen molar-refractivity contribution in [1.82, 2.24) is 10.6 Å². The van der Waals surface area contributed by atoms with Crippen molar-refractivity contribution in [3.8, 4) is 0 Å². The maximum atomic E-state index is 11.8. The van der Waals surface area contributed by atoms with Crippen molar-refractivity contribution in [2.75, 3.05) is 27.4 Å². The van der Waals surface area contributed by atoms with Crippen LogP contribution in [0.15, 0.2) is 0 Å². The summed E-state index contributed by atoms with van der Waals surface area (Å²) < 4.78 is 10.1. The summed E-state index contributed by atoms with van der Waals surface area (Å²) in [6.45, 7) is 6.30. The van der Waals surface area contributed by atoms with E-state index < -0.39 is 18.0 Å². The van der Waals surface area contributed by atoms with Gasteiger partial charge in [0.05, 0.1) is 19.1 Å². The van der Waals surface area contributed by atoms with Gasteiger partial charge >= 0.3 is 12.0 Å². The second-order valence-electron chi connectivity index (χ2n) is 5.68. The monoisotopic (exact) mass is 290 g/mol. The van der Waals surface area contributed by atoms with E-state index in [-0.39, 0.29) is 17.9 Å². The molecule has 2 atom stereocenters. The molecule has 7 heteroatoms. The molecule has 0 fully saturated rings. The van der Waals surface area contributed by atoms with Crippen LogP contribution in [0, 0.1) is 5.41 Å². The normalized spacial score (nSPS) is 14.4. The van der Waals surface area contributed by atoms with Gasteiger partial charge in [-0.05, 0) is 5.41 Å². The number of nitrogens with one attached hydrogen (secondary N) is 2. The van der Waals surface area contributed by atoms with Gasteiger partial charge in [0.15, 0.2) is 0 Å². The van der Waals surface area contributed by atoms with Crippen LogP contribution < -0.4 is 10.6 Å². The summed E-state index contributed by atoms with van der Waals surface area (Å²) in [6, 6.07) is -0.868. The molecule has 118 valence electrons. The van der Waals surface area contributed by atoms with Gasteiger partial charge in [-0.25, -0.2) is 4.79 Å². The first kappa shape index (κ1) is 18.7. The van der Waals surface area contributed by atoms with Gasteiger partial charge in [0.2, 0.25) is 0 Å². The molecule has 0 radical (unpaired) electrons. The van der Waals surface area contributed by atoms with Crippen LogP contribution in [0.1, 0.15) is 27.2 Å². The maximum absolute atomic E-state index is 11.8. The number of carboxylic acids is 1. The van der Waals surface area contributed by atoms with Gasteiger partial charge in [0.25, 0.3) is 0 Å². The third-order valence-corrected chi connectivity index (χ3v) is 2.91. The zero-order valence-corrected chi connectivity index (χ0v) is 12.9. The Kier molecular flexibility index (Phi) is 8.17. The van der Waals surface area contributed by atoms with Crippen LogP contribution in [0.3, 0.4) is 0 Å². The highest BCUT2D eigenvalue weighted by Gasteiger charge is 2.28. The van der Waals surface area contributed by atoms with Gasteiger partial charge in [0.1, 0.15) is 0 Å². The van der Waals surface area contributed by atoms with E-state index in [1.54, 1.807) is 7.11 Å². The molecule has 0 aliphatic carbocycles. The van der Waals surface area contributed by atoms with Crippen molar-refractivity contribution in [3.05, 3.63) is 0 Å². The summed E-state index contributed by atoms with van der Waals surface area (Å²) in [7, 11) is 3.08. The number of methoxy groups -OCH3 is 2. The summed E-state index contributed by atoms with van der Waals surface area (Å²) in [4.78, 5) is 22.6. The standard InChI is InChI=1S/C13H26N2O5/c1-13(2,3)10(6-11(16)17)15-12(18)14-7-9(20-5)8-19-4/h9-10H,6-8H2,1-5H3,(H,16,17)(H2,14,15,18). The molecule has 0 aromatic carbocycles. The Balaban J connectivity index is 4.36. The van der Waals surface area contributed by atoms with Crippen LogP contribution >= 0.6 is 0 Å². The summed E-state index contributed by atoms with van der Waals surface area (Å²) in [5, 5.41) is 14.2. The van der Waals surface area contributed by atoms with E-state index in [4.69, 9.17) is 14.6 Å². The fourth-order valence-corrected chi connectivity index (χ4v) is 1.56. The van der Waals surface area contributed by atoms with E-state index in [1.165, 1.54) is 7.11 Å². The molecule has 0 aliphatic rings. The van der Waals surface area contributed by atoms with E-state index in [1.807, 2.05) is 20.8 Å². The molecule has 20 heavy (non-hydrogen) atoms. The number of hydrogen-bond acceptors (Lipinski definition) is 4. The molecule has 2 amide bonds. The van der Waals surface area contributed by atoms with E-state index in [0.29, 0.717) is 13.2 Å². The van der Waals surface area contributed by atoms with Crippen molar-refractivity contribution in [2.24, 2.45) is 5.41 Å². The Morgan fingerprint density at radius 3 is 2.25 bits per heavy atom. The van der Waals surface area contributed by atoms with E-state index in [0.717, 1.165) is 0 Å². The number of hydrogen-bond donors (Lipinski definition) is 3. The van der Waals surface area contributed by atoms with Gasteiger partial charge in [-0.15, -0.1) is 0 Å². The Labute approximate surface area is 120 Å². The molecule has 2 unspecified atom stereocenters. The summed E-state index contributed by atoms with van der Waals surface area (Å²) in [5.41, 5.74) is -0.344. The molecule has 3 N–H and O–H groups in total. The molecule has 0 aliphatic heterocycles. The Morgan fingerprint density at radius 2 is 1.85 bits per heavy atom. The molecule has 0 aromatic heterocycles. The lowest BCUT2D eigenvalue weighted by atomic mass is 9.85. The van der Waals surface area contributed by atoms with Gasteiger partial charge in [-0.2, -0.15) is 0 Å². The molecule has 7 nitrogen and oxygen atoms in total. The molecule has 0 aromatic rings. The smallest absolute Gasteiger partial charge is 0.315 e. The highest BCUT2D eigenvalue weighted by molar-refractivity contribution is 5.75. The fraction of sp³-hybridized carbons (Fsp3) is 0.846. The van der Waals surface area contributed by atoms with E-state index >= 15 is 0 Å². The third kappa shape index (κ3) is 7.96. The number of aliphatic carboxylic acids is 1. The molecule has 0 saturated heterocycles. The lowest BCUT2D eigenvalue weighted by Crippen LogP contribution is -2.50. The number of carbonyl (C=O) groups excluding carboxylic acids is 1.